The molecule has 0 aromatic heterocycles. The van der Waals surface area contributed by atoms with Crippen LogP contribution in [0.15, 0.2) is 0 Å². The van der Waals surface area contributed by atoms with Crippen LogP contribution in [0.25, 0.3) is 0 Å². The maximum Gasteiger partial charge on any atom is 0.0635 e. The van der Waals surface area contributed by atoms with Crippen LogP contribution in [0.3, 0.4) is 0 Å². The zero-order valence-corrected chi connectivity index (χ0v) is 9.45. The maximum absolute atomic E-state index is 5.57. The Morgan fingerprint density at radius 3 is 2.87 bits per heavy atom. The number of morpholine rings is 1. The predicted molar refractivity (Wildman–Crippen MR) is 59.9 cm³/mol. The van der Waals surface area contributed by atoms with Crippen molar-refractivity contribution >= 4 is 0 Å². The number of nitrogens with zero attached hydrogens (tertiary/aromatic N) is 1. The van der Waals surface area contributed by atoms with Gasteiger partial charge in [0.15, 0.2) is 0 Å². The lowest BCUT2D eigenvalue weighted by Crippen LogP contribution is -2.63. The van der Waals surface area contributed by atoms with Crippen molar-refractivity contribution in [1.29, 1.82) is 0 Å². The van der Waals surface area contributed by atoms with E-state index in [1.165, 1.54) is 32.2 Å². The fourth-order valence-corrected chi connectivity index (χ4v) is 3.58. The van der Waals surface area contributed by atoms with E-state index in [2.05, 4.69) is 10.2 Å². The Morgan fingerprint density at radius 1 is 1.13 bits per heavy atom. The molecular weight excluding hydrogens is 188 g/mol. The molecule has 2 saturated heterocycles. The van der Waals surface area contributed by atoms with Crippen molar-refractivity contribution in [3.63, 3.8) is 0 Å². The molecule has 0 amide bonds. The number of fused-ring (bicyclic) bond motifs is 1. The van der Waals surface area contributed by atoms with E-state index in [1.54, 1.807) is 0 Å². The van der Waals surface area contributed by atoms with Gasteiger partial charge < -0.3 is 10.1 Å². The summed E-state index contributed by atoms with van der Waals surface area (Å²) in [5, 5.41) is 3.59. The van der Waals surface area contributed by atoms with Crippen molar-refractivity contribution in [2.24, 2.45) is 5.92 Å². The third-order valence-electron chi connectivity index (χ3n) is 4.38. The largest absolute Gasteiger partial charge is 0.378 e. The molecule has 1 saturated carbocycles. The van der Waals surface area contributed by atoms with Gasteiger partial charge in [0.2, 0.25) is 0 Å². The van der Waals surface area contributed by atoms with Crippen LogP contribution in [0.1, 0.15) is 25.7 Å². The molecule has 3 nitrogen and oxygen atoms in total. The molecule has 2 heterocycles. The summed E-state index contributed by atoms with van der Waals surface area (Å²) in [6.45, 7) is 5.38. The monoisotopic (exact) mass is 210 g/mol. The molecule has 1 N–H and O–H groups in total. The van der Waals surface area contributed by atoms with Gasteiger partial charge in [-0.2, -0.15) is 0 Å². The molecule has 0 spiro atoms. The first-order valence-electron chi connectivity index (χ1n) is 6.49. The minimum atomic E-state index is 0.651. The van der Waals surface area contributed by atoms with Gasteiger partial charge in [0.25, 0.3) is 0 Å². The molecule has 0 bridgehead atoms. The summed E-state index contributed by atoms with van der Waals surface area (Å²) in [5.74, 6) is 0.957. The summed E-state index contributed by atoms with van der Waals surface area (Å²) in [4.78, 5) is 2.73. The Hall–Kier alpha value is -0.120. The molecule has 3 heteroatoms. The molecule has 1 aliphatic carbocycles. The van der Waals surface area contributed by atoms with E-state index >= 15 is 0 Å². The van der Waals surface area contributed by atoms with Crippen LogP contribution in [0.4, 0.5) is 0 Å². The molecule has 2 atom stereocenters. The van der Waals surface area contributed by atoms with Gasteiger partial charge in [0.1, 0.15) is 0 Å². The summed E-state index contributed by atoms with van der Waals surface area (Å²) >= 11 is 0. The highest BCUT2D eigenvalue weighted by atomic mass is 16.5. The first kappa shape index (κ1) is 10.1. The first-order chi connectivity index (χ1) is 7.45. The van der Waals surface area contributed by atoms with E-state index in [1.807, 2.05) is 0 Å². The highest BCUT2D eigenvalue weighted by Crippen LogP contribution is 2.32. The Balaban J connectivity index is 1.69. The molecule has 15 heavy (non-hydrogen) atoms. The first-order valence-corrected chi connectivity index (χ1v) is 6.49. The van der Waals surface area contributed by atoms with Crippen molar-refractivity contribution < 1.29 is 4.74 Å². The second-order valence-electron chi connectivity index (χ2n) is 5.24. The molecule has 0 radical (unpaired) electrons. The minimum Gasteiger partial charge on any atom is -0.378 e. The van der Waals surface area contributed by atoms with Gasteiger partial charge in [-0.05, 0) is 18.8 Å². The van der Waals surface area contributed by atoms with Crippen LogP contribution in [0.2, 0.25) is 0 Å². The average molecular weight is 210 g/mol. The van der Waals surface area contributed by atoms with E-state index < -0.39 is 0 Å². The summed E-state index contributed by atoms with van der Waals surface area (Å²) in [7, 11) is 0. The van der Waals surface area contributed by atoms with Crippen LogP contribution in [0, 0.1) is 5.92 Å². The third kappa shape index (κ3) is 1.93. The van der Waals surface area contributed by atoms with Gasteiger partial charge >= 0.3 is 0 Å². The molecule has 3 rings (SSSR count). The van der Waals surface area contributed by atoms with Gasteiger partial charge in [-0.1, -0.05) is 12.8 Å². The van der Waals surface area contributed by atoms with Gasteiger partial charge in [0.05, 0.1) is 13.2 Å². The van der Waals surface area contributed by atoms with E-state index in [4.69, 9.17) is 4.74 Å². The quantitative estimate of drug-likeness (QED) is 0.694. The fraction of sp³-hybridized carbons (Fsp3) is 1.00. The van der Waals surface area contributed by atoms with Crippen LogP contribution in [-0.4, -0.2) is 49.8 Å². The second kappa shape index (κ2) is 4.40. The zero-order valence-electron chi connectivity index (χ0n) is 9.45. The van der Waals surface area contributed by atoms with E-state index in [0.29, 0.717) is 6.04 Å². The SMILES string of the molecule is C1CCC(C2CNCC3COCCN32)C1. The van der Waals surface area contributed by atoms with Gasteiger partial charge in [-0.3, -0.25) is 4.90 Å². The van der Waals surface area contributed by atoms with Crippen LogP contribution in [0.5, 0.6) is 0 Å². The van der Waals surface area contributed by atoms with Crippen molar-refractivity contribution in [2.45, 2.75) is 37.8 Å². The van der Waals surface area contributed by atoms with Crippen LogP contribution in [-0.2, 0) is 4.74 Å². The molecule has 2 aliphatic heterocycles. The Kier molecular flexibility index (Phi) is 2.95. The molecule has 86 valence electrons. The zero-order chi connectivity index (χ0) is 10.1. The van der Waals surface area contributed by atoms with Crippen molar-refractivity contribution in [3.8, 4) is 0 Å². The van der Waals surface area contributed by atoms with Gasteiger partial charge in [-0.15, -0.1) is 0 Å². The van der Waals surface area contributed by atoms with Crippen molar-refractivity contribution in [1.82, 2.24) is 10.2 Å². The molecule has 0 aromatic rings. The number of ether oxygens (including phenoxy) is 1. The van der Waals surface area contributed by atoms with Crippen molar-refractivity contribution in [3.05, 3.63) is 0 Å². The number of rotatable bonds is 1. The number of hydrogen-bond donors (Lipinski definition) is 1. The molecular formula is C12H22N2O. The number of nitrogens with one attached hydrogen (secondary N) is 1. The van der Waals surface area contributed by atoms with E-state index in [9.17, 15) is 0 Å². The second-order valence-corrected chi connectivity index (χ2v) is 5.24. The Morgan fingerprint density at radius 2 is 2.00 bits per heavy atom. The lowest BCUT2D eigenvalue weighted by atomic mass is 9.92. The van der Waals surface area contributed by atoms with Gasteiger partial charge in [-0.25, -0.2) is 0 Å². The lowest BCUT2D eigenvalue weighted by Gasteiger charge is -2.47. The average Bonchev–Trinajstić information content (AvgIpc) is 2.82. The molecule has 3 fully saturated rings. The highest BCUT2D eigenvalue weighted by Gasteiger charge is 2.37. The van der Waals surface area contributed by atoms with Crippen LogP contribution >= 0.6 is 0 Å². The van der Waals surface area contributed by atoms with E-state index in [0.717, 1.165) is 38.3 Å². The summed E-state index contributed by atoms with van der Waals surface area (Å²) in [5.41, 5.74) is 0. The topological polar surface area (TPSA) is 24.5 Å². The molecule has 3 aliphatic rings. The highest BCUT2D eigenvalue weighted by molar-refractivity contribution is 4.93. The molecule has 0 aromatic carbocycles. The fourth-order valence-electron chi connectivity index (χ4n) is 3.58. The van der Waals surface area contributed by atoms with E-state index in [-0.39, 0.29) is 0 Å². The lowest BCUT2D eigenvalue weighted by molar-refractivity contribution is -0.0544. The van der Waals surface area contributed by atoms with Crippen LogP contribution < -0.4 is 5.32 Å². The maximum atomic E-state index is 5.57. The van der Waals surface area contributed by atoms with Crippen molar-refractivity contribution in [2.75, 3.05) is 32.8 Å². The standard InChI is InChI=1S/C12H22N2O/c1-2-4-10(3-1)12-8-13-7-11-9-15-6-5-14(11)12/h10-13H,1-9H2. The van der Waals surface area contributed by atoms with Gasteiger partial charge in [0, 0.05) is 31.7 Å². The predicted octanol–water partition coefficient (Wildman–Crippen LogP) is 0.849. The third-order valence-corrected chi connectivity index (χ3v) is 4.38. The number of piperazine rings is 1. The smallest absolute Gasteiger partial charge is 0.0635 e. The number of hydrogen-bond acceptors (Lipinski definition) is 3. The summed E-state index contributed by atoms with van der Waals surface area (Å²) < 4.78 is 5.57. The summed E-state index contributed by atoms with van der Waals surface area (Å²) in [6, 6.07) is 1.45. The molecule has 2 unspecified atom stereocenters. The Labute approximate surface area is 92.2 Å². The Bertz CT molecular complexity index is 214. The summed E-state index contributed by atoms with van der Waals surface area (Å²) in [6.07, 6.45) is 5.82. The minimum absolute atomic E-state index is 0.651. The normalized spacial score (nSPS) is 39.2.